The van der Waals surface area contributed by atoms with E-state index in [0.717, 1.165) is 27.0 Å². The van der Waals surface area contributed by atoms with Gasteiger partial charge in [0.05, 0.1) is 28.9 Å². The number of benzene rings is 2. The minimum atomic E-state index is -0.364. The maximum Gasteiger partial charge on any atom is 0.331 e. The second kappa shape index (κ2) is 7.11. The van der Waals surface area contributed by atoms with E-state index in [1.807, 2.05) is 54.6 Å². The molecule has 0 radical (unpaired) electrons. The van der Waals surface area contributed by atoms with Gasteiger partial charge in [0.1, 0.15) is 6.10 Å². The zero-order chi connectivity index (χ0) is 21.0. The number of fused-ring (bicyclic) bond motifs is 3. The predicted octanol–water partition coefficient (Wildman–Crippen LogP) is 3.59. The highest BCUT2D eigenvalue weighted by molar-refractivity contribution is 9.10. The van der Waals surface area contributed by atoms with Crippen molar-refractivity contribution in [2.45, 2.75) is 12.6 Å². The van der Waals surface area contributed by atoms with Gasteiger partial charge in [-0.25, -0.2) is 4.79 Å². The first kappa shape index (κ1) is 19.1. The average molecular weight is 466 g/mol. The summed E-state index contributed by atoms with van der Waals surface area (Å²) in [7, 11) is 3.24. The molecule has 6 nitrogen and oxygen atoms in total. The van der Waals surface area contributed by atoms with E-state index in [2.05, 4.69) is 20.5 Å². The number of hydrogen-bond acceptors (Lipinski definition) is 3. The van der Waals surface area contributed by atoms with Crippen molar-refractivity contribution in [2.75, 3.05) is 6.61 Å². The highest BCUT2D eigenvalue weighted by Crippen LogP contribution is 2.42. The van der Waals surface area contributed by atoms with Crippen LogP contribution in [0, 0.1) is 0 Å². The third-order valence-electron chi connectivity index (χ3n) is 5.78. The Morgan fingerprint density at radius 2 is 1.67 bits per heavy atom. The van der Waals surface area contributed by atoms with Gasteiger partial charge in [0.25, 0.3) is 5.56 Å². The lowest BCUT2D eigenvalue weighted by molar-refractivity contribution is 0.0478. The Hall–Kier alpha value is -2.90. The summed E-state index contributed by atoms with van der Waals surface area (Å²) in [5.74, 6) is 0. The van der Waals surface area contributed by atoms with Gasteiger partial charge < -0.3 is 9.30 Å². The maximum atomic E-state index is 13.3. The molecule has 0 fully saturated rings. The smallest absolute Gasteiger partial charge is 0.331 e. The molecule has 7 heteroatoms. The summed E-state index contributed by atoms with van der Waals surface area (Å²) in [6.07, 6.45) is -0.364. The van der Waals surface area contributed by atoms with Crippen molar-refractivity contribution in [1.29, 1.82) is 0 Å². The van der Waals surface area contributed by atoms with E-state index < -0.39 is 0 Å². The molecule has 2 aromatic heterocycles. The third-order valence-corrected chi connectivity index (χ3v) is 6.48. The summed E-state index contributed by atoms with van der Waals surface area (Å²) in [5, 5.41) is 0.535. The zero-order valence-electron chi connectivity index (χ0n) is 16.6. The van der Waals surface area contributed by atoms with Crippen LogP contribution in [-0.4, -0.2) is 20.3 Å². The standard InChI is InChI=1S/C23H20BrN3O3/c1-25-19-17(22(28)26(2)23(25)29)18(15-10-6-7-11-16(15)24)27-12-13-30-21(20(19)27)14-8-4-3-5-9-14/h3-11,21H,12-13H2,1-2H3. The zero-order valence-corrected chi connectivity index (χ0v) is 18.2. The van der Waals surface area contributed by atoms with E-state index in [0.29, 0.717) is 24.1 Å². The molecular weight excluding hydrogens is 446 g/mol. The van der Waals surface area contributed by atoms with Crippen LogP contribution in [0.4, 0.5) is 0 Å². The number of rotatable bonds is 2. The topological polar surface area (TPSA) is 58.2 Å². The Kier molecular flexibility index (Phi) is 4.52. The van der Waals surface area contributed by atoms with Crippen LogP contribution >= 0.6 is 15.9 Å². The van der Waals surface area contributed by atoms with Crippen LogP contribution in [0.1, 0.15) is 17.4 Å². The van der Waals surface area contributed by atoms with E-state index in [1.54, 1.807) is 11.6 Å². The van der Waals surface area contributed by atoms with Crippen LogP contribution in [-0.2, 0) is 25.4 Å². The normalized spacial score (nSPS) is 16.0. The molecule has 1 unspecified atom stereocenters. The molecule has 1 aliphatic rings. The molecule has 4 aromatic rings. The van der Waals surface area contributed by atoms with E-state index in [9.17, 15) is 9.59 Å². The van der Waals surface area contributed by atoms with Gasteiger partial charge >= 0.3 is 5.69 Å². The lowest BCUT2D eigenvalue weighted by atomic mass is 10.0. The fourth-order valence-corrected chi connectivity index (χ4v) is 4.87. The molecule has 0 spiro atoms. The van der Waals surface area contributed by atoms with E-state index in [-0.39, 0.29) is 17.4 Å². The molecule has 0 N–H and O–H groups in total. The van der Waals surface area contributed by atoms with Crippen LogP contribution in [0.15, 0.2) is 68.7 Å². The molecule has 3 heterocycles. The van der Waals surface area contributed by atoms with Gasteiger partial charge in [-0.05, 0) is 11.6 Å². The molecule has 152 valence electrons. The maximum absolute atomic E-state index is 13.3. The number of hydrogen-bond donors (Lipinski definition) is 0. The summed E-state index contributed by atoms with van der Waals surface area (Å²) in [6, 6.07) is 17.8. The van der Waals surface area contributed by atoms with Crippen LogP contribution in [0.25, 0.3) is 22.2 Å². The fourth-order valence-electron chi connectivity index (χ4n) is 4.39. The van der Waals surface area contributed by atoms with Crippen molar-refractivity contribution >= 4 is 26.8 Å². The minimum absolute atomic E-state index is 0.299. The highest BCUT2D eigenvalue weighted by atomic mass is 79.9. The molecule has 0 bridgehead atoms. The van der Waals surface area contributed by atoms with Gasteiger partial charge in [0.2, 0.25) is 0 Å². The van der Waals surface area contributed by atoms with Gasteiger partial charge in [0.15, 0.2) is 0 Å². The molecular formula is C23H20BrN3O3. The van der Waals surface area contributed by atoms with Crippen molar-refractivity contribution < 1.29 is 4.74 Å². The first-order valence-corrected chi connectivity index (χ1v) is 10.5. The monoisotopic (exact) mass is 465 g/mol. The first-order chi connectivity index (χ1) is 14.5. The van der Waals surface area contributed by atoms with Crippen LogP contribution in [0.2, 0.25) is 0 Å². The Labute approximate surface area is 181 Å². The largest absolute Gasteiger partial charge is 0.365 e. The number of aryl methyl sites for hydroxylation is 1. The molecule has 0 saturated heterocycles. The third kappa shape index (κ3) is 2.66. The first-order valence-electron chi connectivity index (χ1n) is 9.74. The van der Waals surface area contributed by atoms with E-state index >= 15 is 0 Å². The summed E-state index contributed by atoms with van der Waals surface area (Å²) >= 11 is 3.65. The van der Waals surface area contributed by atoms with Gasteiger partial charge in [-0.15, -0.1) is 0 Å². The average Bonchev–Trinajstić information content (AvgIpc) is 3.12. The molecule has 0 aliphatic carbocycles. The molecule has 5 rings (SSSR count). The number of aromatic nitrogens is 3. The Morgan fingerprint density at radius 1 is 0.967 bits per heavy atom. The molecule has 1 aliphatic heterocycles. The molecule has 0 saturated carbocycles. The van der Waals surface area contributed by atoms with Gasteiger partial charge in [-0.3, -0.25) is 13.9 Å². The van der Waals surface area contributed by atoms with Crippen LogP contribution in [0.5, 0.6) is 0 Å². The predicted molar refractivity (Wildman–Crippen MR) is 120 cm³/mol. The van der Waals surface area contributed by atoms with Gasteiger partial charge in [0, 0.05) is 30.7 Å². The minimum Gasteiger partial charge on any atom is -0.365 e. The Balaban J connectivity index is 1.99. The number of halogens is 1. The summed E-state index contributed by atoms with van der Waals surface area (Å²) in [6.45, 7) is 1.11. The van der Waals surface area contributed by atoms with Crippen molar-refractivity contribution in [2.24, 2.45) is 14.1 Å². The van der Waals surface area contributed by atoms with Gasteiger partial charge in [-0.2, -0.15) is 0 Å². The molecule has 1 atom stereocenters. The highest BCUT2D eigenvalue weighted by Gasteiger charge is 2.33. The molecule has 30 heavy (non-hydrogen) atoms. The van der Waals surface area contributed by atoms with Gasteiger partial charge in [-0.1, -0.05) is 64.5 Å². The SMILES string of the molecule is Cn1c(=O)c2c(-c3ccccc3Br)n3c(c2n(C)c1=O)C(c1ccccc1)OCC3. The van der Waals surface area contributed by atoms with E-state index in [1.165, 1.54) is 11.6 Å². The molecule has 0 amide bonds. The van der Waals surface area contributed by atoms with Crippen LogP contribution in [0.3, 0.4) is 0 Å². The quantitative estimate of drug-likeness (QED) is 0.454. The van der Waals surface area contributed by atoms with Crippen LogP contribution < -0.4 is 11.2 Å². The summed E-state index contributed by atoms with van der Waals surface area (Å²) in [4.78, 5) is 26.2. The lowest BCUT2D eigenvalue weighted by Gasteiger charge is -2.27. The number of nitrogens with zero attached hydrogens (tertiary/aromatic N) is 3. The summed E-state index contributed by atoms with van der Waals surface area (Å²) < 4.78 is 12.0. The van der Waals surface area contributed by atoms with Crippen molar-refractivity contribution in [3.05, 3.63) is 91.2 Å². The Bertz CT molecular complexity index is 1400. The van der Waals surface area contributed by atoms with Crippen molar-refractivity contribution in [3.8, 4) is 11.3 Å². The Morgan fingerprint density at radius 3 is 2.40 bits per heavy atom. The summed E-state index contributed by atoms with van der Waals surface area (Å²) in [5.41, 5.74) is 3.54. The van der Waals surface area contributed by atoms with E-state index in [4.69, 9.17) is 4.74 Å². The lowest BCUT2D eigenvalue weighted by Crippen LogP contribution is -2.37. The number of ether oxygens (including phenoxy) is 1. The molecule has 2 aromatic carbocycles. The van der Waals surface area contributed by atoms with Crippen molar-refractivity contribution in [1.82, 2.24) is 13.7 Å². The fraction of sp³-hybridized carbons (Fsp3) is 0.217. The van der Waals surface area contributed by atoms with Crippen molar-refractivity contribution in [3.63, 3.8) is 0 Å². The second-order valence-electron chi connectivity index (χ2n) is 7.46. The second-order valence-corrected chi connectivity index (χ2v) is 8.31.